The SMILES string of the molecule is N#Cc1cc(C#N)c(-n2c3ccccc3c3c2ccc2c4ccc5c(c6ccccc6n5-c5ccccc5)c4n(-c4ccccc4)c23)cc1-c1ccccc1. The molecule has 254 valence electrons. The van der Waals surface area contributed by atoms with Crippen LogP contribution in [0.3, 0.4) is 0 Å². The van der Waals surface area contributed by atoms with Crippen LogP contribution in [0.15, 0.2) is 176 Å². The van der Waals surface area contributed by atoms with Crippen LogP contribution in [0.5, 0.6) is 0 Å². The minimum atomic E-state index is 0.443. The van der Waals surface area contributed by atoms with Gasteiger partial charge in [0.15, 0.2) is 0 Å². The molecule has 0 unspecified atom stereocenters. The summed E-state index contributed by atoms with van der Waals surface area (Å²) in [5.74, 6) is 0. The Kier molecular flexibility index (Phi) is 6.61. The predicted octanol–water partition coefficient (Wildman–Crippen LogP) is 12.4. The van der Waals surface area contributed by atoms with Gasteiger partial charge in [0.1, 0.15) is 6.07 Å². The van der Waals surface area contributed by atoms with Crippen molar-refractivity contribution in [2.75, 3.05) is 0 Å². The van der Waals surface area contributed by atoms with E-state index < -0.39 is 0 Å². The van der Waals surface area contributed by atoms with Crippen molar-refractivity contribution in [2.24, 2.45) is 0 Å². The lowest BCUT2D eigenvalue weighted by molar-refractivity contribution is 1.16. The van der Waals surface area contributed by atoms with Crippen molar-refractivity contribution in [3.05, 3.63) is 187 Å². The minimum absolute atomic E-state index is 0.443. The first-order chi connectivity index (χ1) is 27.2. The van der Waals surface area contributed by atoms with Gasteiger partial charge in [-0.05, 0) is 66.2 Å². The second kappa shape index (κ2) is 11.8. The van der Waals surface area contributed by atoms with E-state index in [-0.39, 0.29) is 0 Å². The van der Waals surface area contributed by atoms with Crippen LogP contribution in [-0.2, 0) is 0 Å². The third-order valence-electron chi connectivity index (χ3n) is 11.1. The molecule has 0 N–H and O–H groups in total. The van der Waals surface area contributed by atoms with Gasteiger partial charge in [0.25, 0.3) is 0 Å². The Hall–Kier alpha value is -7.86. The average molecular weight is 700 g/mol. The third kappa shape index (κ3) is 4.33. The average Bonchev–Trinajstić information content (AvgIpc) is 3.89. The fraction of sp³-hybridized carbons (Fsp3) is 0. The van der Waals surface area contributed by atoms with Gasteiger partial charge >= 0.3 is 0 Å². The molecule has 0 bridgehead atoms. The molecule has 0 amide bonds. The molecule has 11 aromatic rings. The zero-order valence-electron chi connectivity index (χ0n) is 29.5. The molecule has 0 atom stereocenters. The molecular formula is C50H29N5. The van der Waals surface area contributed by atoms with Gasteiger partial charge in [0.05, 0.1) is 56.0 Å². The second-order valence-corrected chi connectivity index (χ2v) is 13.9. The molecule has 55 heavy (non-hydrogen) atoms. The topological polar surface area (TPSA) is 62.4 Å². The highest BCUT2D eigenvalue weighted by Gasteiger charge is 2.25. The maximum absolute atomic E-state index is 10.6. The zero-order chi connectivity index (χ0) is 36.6. The first-order valence-corrected chi connectivity index (χ1v) is 18.3. The molecule has 0 aliphatic carbocycles. The lowest BCUT2D eigenvalue weighted by Crippen LogP contribution is -2.00. The molecule has 0 saturated carbocycles. The van der Waals surface area contributed by atoms with Gasteiger partial charge in [-0.3, -0.25) is 0 Å². The standard InChI is InChI=1S/C50H29N5/c51-30-33-28-34(31-52)46(29-41(33)32-14-4-1-5-15-32)55-43-23-13-11-21-40(43)48-45(55)27-25-38-37-24-26-44-47(49(37)54(50(38)48)36-18-8-3-9-19-36)39-20-10-12-22-42(39)53(44)35-16-6-2-7-17-35/h1-29H. The number of hydrogen-bond acceptors (Lipinski definition) is 2. The van der Waals surface area contributed by atoms with E-state index in [0.717, 1.165) is 77.4 Å². The Balaban J connectivity index is 1.34. The summed E-state index contributed by atoms with van der Waals surface area (Å²) < 4.78 is 7.03. The van der Waals surface area contributed by atoms with Crippen LogP contribution in [0.25, 0.3) is 93.6 Å². The molecule has 0 fully saturated rings. The first kappa shape index (κ1) is 30.7. The maximum atomic E-state index is 10.6. The molecular weight excluding hydrogens is 671 g/mol. The smallest absolute Gasteiger partial charge is 0.101 e. The van der Waals surface area contributed by atoms with Gasteiger partial charge in [-0.25, -0.2) is 0 Å². The number of fused-ring (bicyclic) bond motifs is 11. The van der Waals surface area contributed by atoms with Crippen LogP contribution in [0.2, 0.25) is 0 Å². The fourth-order valence-corrected chi connectivity index (χ4v) is 8.86. The molecule has 3 heterocycles. The summed E-state index contributed by atoms with van der Waals surface area (Å²) >= 11 is 0. The van der Waals surface area contributed by atoms with Crippen LogP contribution in [0, 0.1) is 22.7 Å². The van der Waals surface area contributed by atoms with Crippen molar-refractivity contribution in [2.45, 2.75) is 0 Å². The van der Waals surface area contributed by atoms with Crippen molar-refractivity contribution in [1.29, 1.82) is 10.5 Å². The first-order valence-electron chi connectivity index (χ1n) is 18.3. The summed E-state index contributed by atoms with van der Waals surface area (Å²) in [4.78, 5) is 0. The molecule has 0 aliphatic heterocycles. The van der Waals surface area contributed by atoms with E-state index in [1.165, 1.54) is 16.2 Å². The van der Waals surface area contributed by atoms with Crippen LogP contribution < -0.4 is 0 Å². The van der Waals surface area contributed by atoms with E-state index >= 15 is 0 Å². The summed E-state index contributed by atoms with van der Waals surface area (Å²) in [7, 11) is 0. The Bertz CT molecular complexity index is 3430. The lowest BCUT2D eigenvalue weighted by atomic mass is 9.97. The number of hydrogen-bond donors (Lipinski definition) is 0. The second-order valence-electron chi connectivity index (χ2n) is 13.9. The largest absolute Gasteiger partial charge is 0.309 e. The van der Waals surface area contributed by atoms with Gasteiger partial charge in [-0.15, -0.1) is 0 Å². The van der Waals surface area contributed by atoms with Crippen molar-refractivity contribution >= 4 is 65.4 Å². The number of benzene rings is 8. The Labute approximate surface area is 316 Å². The molecule has 5 nitrogen and oxygen atoms in total. The van der Waals surface area contributed by atoms with Crippen molar-refractivity contribution in [3.63, 3.8) is 0 Å². The Morgan fingerprint density at radius 3 is 1.40 bits per heavy atom. The molecule has 0 aliphatic rings. The van der Waals surface area contributed by atoms with E-state index in [4.69, 9.17) is 0 Å². The molecule has 3 aromatic heterocycles. The predicted molar refractivity (Wildman–Crippen MR) is 224 cm³/mol. The Morgan fingerprint density at radius 2 is 0.836 bits per heavy atom. The van der Waals surface area contributed by atoms with E-state index in [9.17, 15) is 10.5 Å². The number of rotatable bonds is 4. The molecule has 11 rings (SSSR count). The zero-order valence-corrected chi connectivity index (χ0v) is 29.5. The highest BCUT2D eigenvalue weighted by Crippen LogP contribution is 2.46. The van der Waals surface area contributed by atoms with Crippen LogP contribution >= 0.6 is 0 Å². The van der Waals surface area contributed by atoms with E-state index in [1.807, 2.05) is 36.4 Å². The molecule has 0 spiro atoms. The third-order valence-corrected chi connectivity index (χ3v) is 11.1. The summed E-state index contributed by atoms with van der Waals surface area (Å²) in [6.07, 6.45) is 0. The van der Waals surface area contributed by atoms with Gasteiger partial charge < -0.3 is 13.7 Å². The quantitative estimate of drug-likeness (QED) is 0.184. The van der Waals surface area contributed by atoms with Crippen molar-refractivity contribution < 1.29 is 0 Å². The van der Waals surface area contributed by atoms with Crippen LogP contribution in [0.4, 0.5) is 0 Å². The highest BCUT2D eigenvalue weighted by atomic mass is 15.0. The van der Waals surface area contributed by atoms with Gasteiger partial charge in [0.2, 0.25) is 0 Å². The number of nitrogens with zero attached hydrogens (tertiary/aromatic N) is 5. The van der Waals surface area contributed by atoms with Gasteiger partial charge in [0, 0.05) is 49.3 Å². The fourth-order valence-electron chi connectivity index (χ4n) is 8.86. The van der Waals surface area contributed by atoms with E-state index in [0.29, 0.717) is 11.1 Å². The molecule has 8 aromatic carbocycles. The van der Waals surface area contributed by atoms with E-state index in [2.05, 4.69) is 159 Å². The normalized spacial score (nSPS) is 11.6. The van der Waals surface area contributed by atoms with E-state index in [1.54, 1.807) is 6.07 Å². The minimum Gasteiger partial charge on any atom is -0.309 e. The van der Waals surface area contributed by atoms with Crippen molar-refractivity contribution in [1.82, 2.24) is 13.7 Å². The maximum Gasteiger partial charge on any atom is 0.101 e. The van der Waals surface area contributed by atoms with Gasteiger partial charge in [-0.2, -0.15) is 10.5 Å². The summed E-state index contributed by atoms with van der Waals surface area (Å²) in [5, 5.41) is 27.7. The summed E-state index contributed by atoms with van der Waals surface area (Å²) in [6.45, 7) is 0. The summed E-state index contributed by atoms with van der Waals surface area (Å²) in [5.41, 5.74) is 12.1. The van der Waals surface area contributed by atoms with Crippen LogP contribution in [-0.4, -0.2) is 13.7 Å². The number of aromatic nitrogens is 3. The van der Waals surface area contributed by atoms with Crippen LogP contribution in [0.1, 0.15) is 11.1 Å². The van der Waals surface area contributed by atoms with Crippen molar-refractivity contribution in [3.8, 4) is 40.3 Å². The number of nitriles is 2. The monoisotopic (exact) mass is 699 g/mol. The summed E-state index contributed by atoms with van der Waals surface area (Å²) in [6, 6.07) is 65.8. The highest BCUT2D eigenvalue weighted by molar-refractivity contribution is 6.31. The van der Waals surface area contributed by atoms with Gasteiger partial charge in [-0.1, -0.05) is 115 Å². The number of para-hydroxylation sites is 4. The molecule has 0 saturated heterocycles. The molecule has 5 heteroatoms. The Morgan fingerprint density at radius 1 is 0.364 bits per heavy atom. The molecule has 0 radical (unpaired) electrons. The lowest BCUT2D eigenvalue weighted by Gasteiger charge is -2.14.